The van der Waals surface area contributed by atoms with Gasteiger partial charge in [0, 0.05) is 26.1 Å². The number of carbonyl (C=O) groups is 2. The van der Waals surface area contributed by atoms with E-state index in [1.165, 1.54) is 16.5 Å². The second-order valence-electron chi connectivity index (χ2n) is 8.57. The van der Waals surface area contributed by atoms with Crippen LogP contribution in [0.2, 0.25) is 0 Å². The molecule has 5 rings (SSSR count). The van der Waals surface area contributed by atoms with Crippen molar-refractivity contribution in [3.8, 4) is 0 Å². The number of rotatable bonds is 4. The molecular formula is C24H25FN4O2. The Morgan fingerprint density at radius 1 is 1.10 bits per heavy atom. The summed E-state index contributed by atoms with van der Waals surface area (Å²) in [7, 11) is 0. The maximum atomic E-state index is 14.3. The molecule has 2 saturated heterocycles. The van der Waals surface area contributed by atoms with E-state index >= 15 is 0 Å². The second kappa shape index (κ2) is 8.13. The van der Waals surface area contributed by atoms with E-state index in [1.807, 2.05) is 11.0 Å². The number of hydrogen-bond donors (Lipinski definition) is 1. The SMILES string of the molecule is O=C([C@@H]1CC(=O)N(c2n[nH]c3cccc(F)c23)C1)N1CCC(Cc2ccccc2)CC1. The first-order chi connectivity index (χ1) is 15.1. The van der Waals surface area contributed by atoms with Crippen LogP contribution < -0.4 is 4.90 Å². The van der Waals surface area contributed by atoms with Crippen molar-refractivity contribution in [1.29, 1.82) is 0 Å². The van der Waals surface area contributed by atoms with Crippen LogP contribution in [0.4, 0.5) is 10.2 Å². The van der Waals surface area contributed by atoms with E-state index in [-0.39, 0.29) is 30.6 Å². The first-order valence-electron chi connectivity index (χ1n) is 10.9. The van der Waals surface area contributed by atoms with Gasteiger partial charge < -0.3 is 4.90 Å². The summed E-state index contributed by atoms with van der Waals surface area (Å²) in [6.45, 7) is 1.69. The average Bonchev–Trinajstić information content (AvgIpc) is 3.39. The molecule has 2 aliphatic heterocycles. The molecule has 2 aliphatic rings. The predicted octanol–water partition coefficient (Wildman–Crippen LogP) is 3.54. The Kier molecular flexibility index (Phi) is 5.18. The third-order valence-electron chi connectivity index (χ3n) is 6.54. The lowest BCUT2D eigenvalue weighted by molar-refractivity contribution is -0.137. The van der Waals surface area contributed by atoms with Gasteiger partial charge in [-0.2, -0.15) is 5.10 Å². The molecule has 0 spiro atoms. The summed E-state index contributed by atoms with van der Waals surface area (Å²) in [5.41, 5.74) is 1.88. The van der Waals surface area contributed by atoms with Crippen LogP contribution >= 0.6 is 0 Å². The molecule has 0 bridgehead atoms. The number of hydrogen-bond acceptors (Lipinski definition) is 3. The number of amides is 2. The van der Waals surface area contributed by atoms with Gasteiger partial charge in [-0.15, -0.1) is 0 Å². The number of aromatic amines is 1. The van der Waals surface area contributed by atoms with Gasteiger partial charge in [0.1, 0.15) is 5.82 Å². The van der Waals surface area contributed by atoms with Crippen LogP contribution in [0.5, 0.6) is 0 Å². The average molecular weight is 420 g/mol. The summed E-state index contributed by atoms with van der Waals surface area (Å²) >= 11 is 0. The summed E-state index contributed by atoms with van der Waals surface area (Å²) in [6.07, 6.45) is 3.13. The molecule has 0 saturated carbocycles. The third-order valence-corrected chi connectivity index (χ3v) is 6.54. The van der Waals surface area contributed by atoms with Crippen LogP contribution in [0, 0.1) is 17.7 Å². The van der Waals surface area contributed by atoms with Crippen LogP contribution in [0.25, 0.3) is 10.9 Å². The Labute approximate surface area is 180 Å². The Morgan fingerprint density at radius 3 is 2.65 bits per heavy atom. The Balaban J connectivity index is 1.23. The van der Waals surface area contributed by atoms with E-state index in [2.05, 4.69) is 34.5 Å². The van der Waals surface area contributed by atoms with E-state index < -0.39 is 11.7 Å². The van der Waals surface area contributed by atoms with Crippen molar-refractivity contribution in [2.24, 2.45) is 11.8 Å². The van der Waals surface area contributed by atoms with Gasteiger partial charge in [-0.25, -0.2) is 4.39 Å². The second-order valence-corrected chi connectivity index (χ2v) is 8.57. The van der Waals surface area contributed by atoms with Crippen molar-refractivity contribution in [3.63, 3.8) is 0 Å². The molecule has 0 aliphatic carbocycles. The number of halogens is 1. The van der Waals surface area contributed by atoms with Crippen molar-refractivity contribution < 1.29 is 14.0 Å². The number of nitrogens with one attached hydrogen (secondary N) is 1. The van der Waals surface area contributed by atoms with Crippen LogP contribution in [-0.4, -0.2) is 46.5 Å². The lowest BCUT2D eigenvalue weighted by Crippen LogP contribution is -2.42. The molecule has 1 N–H and O–H groups in total. The summed E-state index contributed by atoms with van der Waals surface area (Å²) in [5, 5.41) is 7.24. The van der Waals surface area contributed by atoms with Crippen molar-refractivity contribution in [2.45, 2.75) is 25.7 Å². The maximum Gasteiger partial charge on any atom is 0.229 e. The number of piperidine rings is 1. The van der Waals surface area contributed by atoms with Crippen LogP contribution in [0.15, 0.2) is 48.5 Å². The van der Waals surface area contributed by atoms with E-state index in [1.54, 1.807) is 12.1 Å². The molecule has 1 aromatic heterocycles. The van der Waals surface area contributed by atoms with Crippen LogP contribution in [0.3, 0.4) is 0 Å². The van der Waals surface area contributed by atoms with Crippen LogP contribution in [-0.2, 0) is 16.0 Å². The highest BCUT2D eigenvalue weighted by Gasteiger charge is 2.39. The van der Waals surface area contributed by atoms with E-state index in [9.17, 15) is 14.0 Å². The summed E-state index contributed by atoms with van der Waals surface area (Å²) < 4.78 is 14.3. The van der Waals surface area contributed by atoms with Crippen molar-refractivity contribution in [3.05, 3.63) is 59.9 Å². The van der Waals surface area contributed by atoms with Crippen LogP contribution in [0.1, 0.15) is 24.8 Å². The number of H-pyrrole nitrogens is 1. The molecule has 3 heterocycles. The molecule has 2 fully saturated rings. The number of fused-ring (bicyclic) bond motifs is 1. The molecule has 3 aromatic rings. The Morgan fingerprint density at radius 2 is 1.87 bits per heavy atom. The fourth-order valence-corrected chi connectivity index (χ4v) is 4.85. The Bertz CT molecular complexity index is 1110. The fraction of sp³-hybridized carbons (Fsp3) is 0.375. The Hall–Kier alpha value is -3.22. The van der Waals surface area contributed by atoms with Crippen molar-refractivity contribution in [2.75, 3.05) is 24.5 Å². The highest BCUT2D eigenvalue weighted by molar-refractivity contribution is 6.05. The predicted molar refractivity (Wildman–Crippen MR) is 116 cm³/mol. The van der Waals surface area contributed by atoms with Crippen molar-refractivity contribution >= 4 is 28.5 Å². The minimum atomic E-state index is -0.427. The number of nitrogens with zero attached hydrogens (tertiary/aromatic N) is 3. The molecule has 2 amide bonds. The fourth-order valence-electron chi connectivity index (χ4n) is 4.85. The molecular weight excluding hydrogens is 395 g/mol. The molecule has 1 atom stereocenters. The zero-order valence-corrected chi connectivity index (χ0v) is 17.3. The minimum absolute atomic E-state index is 0.0225. The number of likely N-dealkylation sites (tertiary alicyclic amines) is 1. The topological polar surface area (TPSA) is 69.3 Å². The van der Waals surface area contributed by atoms with Gasteiger partial charge in [0.25, 0.3) is 0 Å². The van der Waals surface area contributed by atoms with Gasteiger partial charge in [-0.1, -0.05) is 36.4 Å². The number of anilines is 1. The van der Waals surface area contributed by atoms with Gasteiger partial charge in [0.15, 0.2) is 5.82 Å². The third kappa shape index (κ3) is 3.80. The highest BCUT2D eigenvalue weighted by atomic mass is 19.1. The maximum absolute atomic E-state index is 14.3. The normalized spacial score (nSPS) is 20.0. The number of aromatic nitrogens is 2. The first kappa shape index (κ1) is 19.7. The van der Waals surface area contributed by atoms with E-state index in [0.29, 0.717) is 16.8 Å². The summed E-state index contributed by atoms with van der Waals surface area (Å²) in [5.74, 6) is -0.147. The zero-order valence-electron chi connectivity index (χ0n) is 17.3. The zero-order chi connectivity index (χ0) is 21.4. The largest absolute Gasteiger partial charge is 0.342 e. The molecule has 0 radical (unpaired) electrons. The molecule has 7 heteroatoms. The standard InChI is InChI=1S/C24H25FN4O2/c25-19-7-4-8-20-22(19)23(27-26-20)29-15-18(14-21(29)30)24(31)28-11-9-17(10-12-28)13-16-5-2-1-3-6-16/h1-8,17-18H,9-15H2,(H,26,27)/t18-/m1/s1. The van der Waals surface area contributed by atoms with Gasteiger partial charge in [0.05, 0.1) is 16.8 Å². The number of benzene rings is 2. The van der Waals surface area contributed by atoms with E-state index in [0.717, 1.165) is 32.4 Å². The summed E-state index contributed by atoms with van der Waals surface area (Å²) in [6, 6.07) is 15.1. The van der Waals surface area contributed by atoms with Crippen molar-refractivity contribution in [1.82, 2.24) is 15.1 Å². The quantitative estimate of drug-likeness (QED) is 0.702. The van der Waals surface area contributed by atoms with Gasteiger partial charge in [0.2, 0.25) is 11.8 Å². The first-order valence-corrected chi connectivity index (χ1v) is 10.9. The van der Waals surface area contributed by atoms with Gasteiger partial charge >= 0.3 is 0 Å². The number of carbonyl (C=O) groups excluding carboxylic acids is 2. The van der Waals surface area contributed by atoms with Gasteiger partial charge in [-0.3, -0.25) is 19.6 Å². The van der Waals surface area contributed by atoms with E-state index in [4.69, 9.17) is 0 Å². The smallest absolute Gasteiger partial charge is 0.229 e. The van der Waals surface area contributed by atoms with Gasteiger partial charge in [-0.05, 0) is 42.9 Å². The molecule has 160 valence electrons. The molecule has 31 heavy (non-hydrogen) atoms. The lowest BCUT2D eigenvalue weighted by atomic mass is 9.89. The monoisotopic (exact) mass is 420 g/mol. The molecule has 6 nitrogen and oxygen atoms in total. The molecule has 0 unspecified atom stereocenters. The minimum Gasteiger partial charge on any atom is -0.342 e. The lowest BCUT2D eigenvalue weighted by Gasteiger charge is -2.33. The summed E-state index contributed by atoms with van der Waals surface area (Å²) in [4.78, 5) is 29.1. The molecule has 2 aromatic carbocycles. The highest BCUT2D eigenvalue weighted by Crippen LogP contribution is 2.32.